The van der Waals surface area contributed by atoms with E-state index in [1.165, 1.54) is 6.07 Å². The summed E-state index contributed by atoms with van der Waals surface area (Å²) in [4.78, 5) is 12.7. The number of benzene rings is 2. The first kappa shape index (κ1) is 24.8. The van der Waals surface area contributed by atoms with Gasteiger partial charge in [0.2, 0.25) is 0 Å². The number of amides is 1. The van der Waals surface area contributed by atoms with Gasteiger partial charge in [0, 0.05) is 23.4 Å². The Labute approximate surface area is 190 Å². The Kier molecular flexibility index (Phi) is 9.47. The van der Waals surface area contributed by atoms with Crippen molar-refractivity contribution in [3.05, 3.63) is 75.6 Å². The molecule has 2 aromatic carbocycles. The normalized spacial score (nSPS) is 13.8. The topological polar surface area (TPSA) is 41.1 Å². The average molecular weight is 443 g/mol. The van der Waals surface area contributed by atoms with Crippen LogP contribution in [0, 0.1) is 12.7 Å². The van der Waals surface area contributed by atoms with E-state index < -0.39 is 0 Å². The Hall–Kier alpha value is -2.43. The fraction of sp³-hybridized carbons (Fsp3) is 0.346. The zero-order valence-electron chi connectivity index (χ0n) is 19.0. The van der Waals surface area contributed by atoms with Gasteiger partial charge in [-0.2, -0.15) is 0 Å². The maximum atomic E-state index is 14.6. The summed E-state index contributed by atoms with van der Waals surface area (Å²) in [6.45, 7) is 11.5. The first-order chi connectivity index (χ1) is 15.0. The maximum Gasteiger partial charge on any atom is 0.255 e. The molecule has 0 aliphatic carbocycles. The summed E-state index contributed by atoms with van der Waals surface area (Å²) in [7, 11) is 0. The van der Waals surface area contributed by atoms with Crippen molar-refractivity contribution in [3.63, 3.8) is 0 Å². The molecule has 5 heteroatoms. The predicted molar refractivity (Wildman–Crippen MR) is 131 cm³/mol. The van der Waals surface area contributed by atoms with Crippen molar-refractivity contribution in [2.75, 3.05) is 18.4 Å². The van der Waals surface area contributed by atoms with E-state index in [1.54, 1.807) is 12.1 Å². The summed E-state index contributed by atoms with van der Waals surface area (Å²) >= 11 is 6.55. The zero-order chi connectivity index (χ0) is 23.0. The molecule has 31 heavy (non-hydrogen) atoms. The first-order valence-corrected chi connectivity index (χ1v) is 11.3. The van der Waals surface area contributed by atoms with Crippen LogP contribution in [-0.4, -0.2) is 19.0 Å². The zero-order valence-corrected chi connectivity index (χ0v) is 19.8. The molecule has 0 spiro atoms. The Morgan fingerprint density at radius 2 is 2.00 bits per heavy atom. The molecule has 0 radical (unpaired) electrons. The number of carbonyl (C=O) groups excluding carboxylic acids is 1. The van der Waals surface area contributed by atoms with Gasteiger partial charge in [-0.1, -0.05) is 56.7 Å². The number of rotatable bonds is 5. The van der Waals surface area contributed by atoms with Gasteiger partial charge in [-0.3, -0.25) is 4.79 Å². The molecular formula is C26H32ClFN2O. The van der Waals surface area contributed by atoms with Gasteiger partial charge in [0.25, 0.3) is 5.91 Å². The van der Waals surface area contributed by atoms with Crippen LogP contribution in [0.1, 0.15) is 67.6 Å². The average Bonchev–Trinajstić information content (AvgIpc) is 2.80. The van der Waals surface area contributed by atoms with Crippen LogP contribution < -0.4 is 10.6 Å². The molecule has 1 heterocycles. The molecular weight excluding hydrogens is 411 g/mol. The lowest BCUT2D eigenvalue weighted by molar-refractivity contribution is 0.102. The van der Waals surface area contributed by atoms with E-state index in [-0.39, 0.29) is 17.3 Å². The second-order valence-electron chi connectivity index (χ2n) is 7.10. The van der Waals surface area contributed by atoms with Crippen molar-refractivity contribution in [1.29, 1.82) is 0 Å². The van der Waals surface area contributed by atoms with E-state index in [0.717, 1.165) is 48.2 Å². The summed E-state index contributed by atoms with van der Waals surface area (Å²) in [5.74, 6) is -0.736. The van der Waals surface area contributed by atoms with E-state index in [0.29, 0.717) is 16.3 Å². The molecule has 1 amide bonds. The Morgan fingerprint density at radius 3 is 2.58 bits per heavy atom. The van der Waals surface area contributed by atoms with Crippen LogP contribution in [0.3, 0.4) is 0 Å². The monoisotopic (exact) mass is 442 g/mol. The number of anilines is 1. The highest BCUT2D eigenvalue weighted by molar-refractivity contribution is 6.33. The van der Waals surface area contributed by atoms with E-state index in [1.807, 2.05) is 52.0 Å². The van der Waals surface area contributed by atoms with Gasteiger partial charge in [0.15, 0.2) is 0 Å². The van der Waals surface area contributed by atoms with Gasteiger partial charge in [0.05, 0.1) is 5.02 Å². The minimum absolute atomic E-state index is 0.281. The summed E-state index contributed by atoms with van der Waals surface area (Å²) < 4.78 is 14.6. The van der Waals surface area contributed by atoms with Crippen molar-refractivity contribution >= 4 is 34.3 Å². The van der Waals surface area contributed by atoms with Crippen molar-refractivity contribution in [3.8, 4) is 0 Å². The molecule has 0 unspecified atom stereocenters. The van der Waals surface area contributed by atoms with Gasteiger partial charge in [-0.15, -0.1) is 0 Å². The quantitative estimate of drug-likeness (QED) is 0.511. The lowest BCUT2D eigenvalue weighted by Gasteiger charge is -2.16. The number of carbonyl (C=O) groups is 1. The van der Waals surface area contributed by atoms with Crippen molar-refractivity contribution < 1.29 is 9.18 Å². The third kappa shape index (κ3) is 5.84. The first-order valence-electron chi connectivity index (χ1n) is 10.9. The van der Waals surface area contributed by atoms with Crippen LogP contribution >= 0.6 is 11.6 Å². The highest BCUT2D eigenvalue weighted by Crippen LogP contribution is 2.33. The smallest absolute Gasteiger partial charge is 0.255 e. The largest absolute Gasteiger partial charge is 0.322 e. The van der Waals surface area contributed by atoms with E-state index in [4.69, 9.17) is 11.6 Å². The molecule has 1 aliphatic rings. The van der Waals surface area contributed by atoms with Crippen LogP contribution in [0.15, 0.2) is 42.5 Å². The van der Waals surface area contributed by atoms with Crippen LogP contribution in [0.4, 0.5) is 10.1 Å². The standard InChI is InChI=1S/C24H26ClFN2O.C2H6/c1-4-16(5-2)20-8-9-22(15(3)23(20)25)28-24(29)18-6-7-19(21(26)14-18)17-10-12-27-13-11-17;1-2/h4,6-10,14,27H,5,11-13H2,1-3H3,(H,28,29);1-2H3/b16-4+;. The molecule has 0 aromatic heterocycles. The molecule has 166 valence electrons. The molecule has 0 saturated heterocycles. The van der Waals surface area contributed by atoms with Crippen molar-refractivity contribution in [2.24, 2.45) is 0 Å². The van der Waals surface area contributed by atoms with Gasteiger partial charge in [-0.05, 0) is 73.7 Å². The summed E-state index contributed by atoms with van der Waals surface area (Å²) in [5.41, 5.74) is 5.36. The van der Waals surface area contributed by atoms with E-state index in [9.17, 15) is 9.18 Å². The highest BCUT2D eigenvalue weighted by atomic mass is 35.5. The number of hydrogen-bond donors (Lipinski definition) is 2. The lowest BCUT2D eigenvalue weighted by Crippen LogP contribution is -2.20. The Morgan fingerprint density at radius 1 is 1.26 bits per heavy atom. The SMILES string of the molecule is C/C=C(\CC)c1ccc(NC(=O)c2ccc(C3=CCNCC3)c(F)c2)c(C)c1Cl.CC. The van der Waals surface area contributed by atoms with Crippen LogP contribution in [0.5, 0.6) is 0 Å². The summed E-state index contributed by atoms with van der Waals surface area (Å²) in [6, 6.07) is 8.41. The number of allylic oxidation sites excluding steroid dienone is 2. The third-order valence-electron chi connectivity index (χ3n) is 5.35. The predicted octanol–water partition coefficient (Wildman–Crippen LogP) is 7.26. The van der Waals surface area contributed by atoms with Gasteiger partial charge >= 0.3 is 0 Å². The molecule has 2 N–H and O–H groups in total. The van der Waals surface area contributed by atoms with Crippen molar-refractivity contribution in [1.82, 2.24) is 5.32 Å². The summed E-state index contributed by atoms with van der Waals surface area (Å²) in [6.07, 6.45) is 5.68. The molecule has 0 fully saturated rings. The van der Waals surface area contributed by atoms with Gasteiger partial charge in [-0.25, -0.2) is 4.39 Å². The molecule has 0 atom stereocenters. The Balaban J connectivity index is 0.00000166. The minimum Gasteiger partial charge on any atom is -0.322 e. The van der Waals surface area contributed by atoms with Crippen molar-refractivity contribution in [2.45, 2.75) is 47.5 Å². The van der Waals surface area contributed by atoms with Gasteiger partial charge in [0.1, 0.15) is 5.82 Å². The number of hydrogen-bond acceptors (Lipinski definition) is 2. The number of halogens is 2. The molecule has 0 bridgehead atoms. The van der Waals surface area contributed by atoms with E-state index >= 15 is 0 Å². The second kappa shape index (κ2) is 11.8. The maximum absolute atomic E-state index is 14.6. The summed E-state index contributed by atoms with van der Waals surface area (Å²) in [5, 5.41) is 6.70. The highest BCUT2D eigenvalue weighted by Gasteiger charge is 2.16. The molecule has 2 aromatic rings. The molecule has 3 rings (SSSR count). The fourth-order valence-electron chi connectivity index (χ4n) is 3.60. The fourth-order valence-corrected chi connectivity index (χ4v) is 3.88. The second-order valence-corrected chi connectivity index (χ2v) is 7.48. The Bertz CT molecular complexity index is 995. The molecule has 0 saturated carbocycles. The van der Waals surface area contributed by atoms with Crippen LogP contribution in [-0.2, 0) is 0 Å². The lowest BCUT2D eigenvalue weighted by atomic mass is 9.98. The van der Waals surface area contributed by atoms with Crippen LogP contribution in [0.2, 0.25) is 5.02 Å². The third-order valence-corrected chi connectivity index (χ3v) is 5.84. The van der Waals surface area contributed by atoms with Crippen LogP contribution in [0.25, 0.3) is 11.1 Å². The van der Waals surface area contributed by atoms with Gasteiger partial charge < -0.3 is 10.6 Å². The number of nitrogens with one attached hydrogen (secondary N) is 2. The molecule has 1 aliphatic heterocycles. The minimum atomic E-state index is -0.378. The molecule has 3 nitrogen and oxygen atoms in total. The van der Waals surface area contributed by atoms with E-state index in [2.05, 4.69) is 17.6 Å².